The van der Waals surface area contributed by atoms with Crippen LogP contribution in [0.15, 0.2) is 22.5 Å². The Morgan fingerprint density at radius 1 is 1.18 bits per heavy atom. The van der Waals surface area contributed by atoms with Gasteiger partial charge in [0, 0.05) is 31.3 Å². The van der Waals surface area contributed by atoms with Gasteiger partial charge in [-0.1, -0.05) is 23.1 Å². The van der Waals surface area contributed by atoms with Gasteiger partial charge in [-0.25, -0.2) is 0 Å². The summed E-state index contributed by atoms with van der Waals surface area (Å²) >= 11 is 2.81. The third-order valence-corrected chi connectivity index (χ3v) is 6.28. The zero-order valence-electron chi connectivity index (χ0n) is 15.3. The molecular formula is C18H22N4O4S2. The maximum absolute atomic E-state index is 12.2. The number of ether oxygens (including phenoxy) is 3. The molecule has 0 saturated carbocycles. The van der Waals surface area contributed by atoms with Gasteiger partial charge < -0.3 is 24.8 Å². The average Bonchev–Trinajstić information content (AvgIpc) is 3.32. The minimum atomic E-state index is -0.108. The molecule has 2 aromatic rings. The van der Waals surface area contributed by atoms with Gasteiger partial charge in [0.1, 0.15) is 0 Å². The highest BCUT2D eigenvalue weighted by molar-refractivity contribution is 8.01. The van der Waals surface area contributed by atoms with Crippen molar-refractivity contribution in [3.63, 3.8) is 0 Å². The molecule has 0 bridgehead atoms. The summed E-state index contributed by atoms with van der Waals surface area (Å²) < 4.78 is 17.6. The summed E-state index contributed by atoms with van der Waals surface area (Å²) in [6.07, 6.45) is 3.29. The second-order valence-electron chi connectivity index (χ2n) is 6.44. The number of hydrogen-bond donors (Lipinski definition) is 2. The summed E-state index contributed by atoms with van der Waals surface area (Å²) in [5, 5.41) is 15.1. The van der Waals surface area contributed by atoms with Crippen LogP contribution >= 0.6 is 23.1 Å². The standard InChI is InChI=1S/C18H22N4O4S2/c23-16(20-12-4-5-14-15(9-12)26-8-2-7-25-14)11-27-18-22-21-17(28-18)19-10-13-3-1-6-24-13/h4-5,9,13H,1-3,6-8,10-11H2,(H,19,21)(H,20,23). The molecule has 4 rings (SSSR count). The Bertz CT molecular complexity index is 811. The molecule has 0 aliphatic carbocycles. The number of anilines is 2. The summed E-state index contributed by atoms with van der Waals surface area (Å²) in [4.78, 5) is 12.2. The van der Waals surface area contributed by atoms with Crippen LogP contribution in [0, 0.1) is 0 Å². The second kappa shape index (κ2) is 9.44. The van der Waals surface area contributed by atoms with Crippen molar-refractivity contribution < 1.29 is 19.0 Å². The normalized spacial score (nSPS) is 18.5. The van der Waals surface area contributed by atoms with Crippen molar-refractivity contribution in [1.29, 1.82) is 0 Å². The fourth-order valence-electron chi connectivity index (χ4n) is 2.91. The van der Waals surface area contributed by atoms with Crippen LogP contribution in [0.1, 0.15) is 19.3 Å². The predicted molar refractivity (Wildman–Crippen MR) is 109 cm³/mol. The number of benzene rings is 1. The molecule has 2 N–H and O–H groups in total. The first-order valence-corrected chi connectivity index (χ1v) is 11.1. The molecule has 28 heavy (non-hydrogen) atoms. The van der Waals surface area contributed by atoms with Gasteiger partial charge in [0.25, 0.3) is 0 Å². The van der Waals surface area contributed by atoms with Crippen molar-refractivity contribution in [3.8, 4) is 11.5 Å². The molecule has 2 aliphatic rings. The number of nitrogens with one attached hydrogen (secondary N) is 2. The highest BCUT2D eigenvalue weighted by Crippen LogP contribution is 2.32. The van der Waals surface area contributed by atoms with Crippen LogP contribution in [0.4, 0.5) is 10.8 Å². The molecule has 2 aliphatic heterocycles. The number of nitrogens with zero attached hydrogens (tertiary/aromatic N) is 2. The zero-order valence-corrected chi connectivity index (χ0v) is 16.9. The van der Waals surface area contributed by atoms with Crippen LogP contribution in [0.5, 0.6) is 11.5 Å². The van der Waals surface area contributed by atoms with Crippen molar-refractivity contribution in [2.24, 2.45) is 0 Å². The van der Waals surface area contributed by atoms with Crippen LogP contribution in [-0.4, -0.2) is 54.3 Å². The van der Waals surface area contributed by atoms with Gasteiger partial charge in [-0.15, -0.1) is 10.2 Å². The molecule has 3 heterocycles. The summed E-state index contributed by atoms with van der Waals surface area (Å²) in [5.74, 6) is 1.52. The van der Waals surface area contributed by atoms with Gasteiger partial charge in [0.15, 0.2) is 15.8 Å². The quantitative estimate of drug-likeness (QED) is 0.658. The number of hydrogen-bond acceptors (Lipinski definition) is 9. The Balaban J connectivity index is 1.24. The van der Waals surface area contributed by atoms with Gasteiger partial charge in [-0.3, -0.25) is 4.79 Å². The Labute approximate surface area is 171 Å². The first-order chi connectivity index (χ1) is 13.8. The van der Waals surface area contributed by atoms with E-state index in [1.165, 1.54) is 23.1 Å². The van der Waals surface area contributed by atoms with Crippen molar-refractivity contribution >= 4 is 39.8 Å². The first kappa shape index (κ1) is 19.3. The van der Waals surface area contributed by atoms with Crippen molar-refractivity contribution in [3.05, 3.63) is 18.2 Å². The Kier molecular flexibility index (Phi) is 6.50. The molecule has 0 spiro atoms. The van der Waals surface area contributed by atoms with E-state index in [9.17, 15) is 4.79 Å². The Hall–Kier alpha value is -2.04. The summed E-state index contributed by atoms with van der Waals surface area (Å²) in [7, 11) is 0. The lowest BCUT2D eigenvalue weighted by atomic mass is 10.2. The fourth-order valence-corrected chi connectivity index (χ4v) is 4.47. The molecule has 1 unspecified atom stereocenters. The van der Waals surface area contributed by atoms with E-state index in [0.29, 0.717) is 30.4 Å². The smallest absolute Gasteiger partial charge is 0.234 e. The molecule has 150 valence electrons. The second-order valence-corrected chi connectivity index (χ2v) is 8.64. The first-order valence-electron chi connectivity index (χ1n) is 9.27. The summed E-state index contributed by atoms with van der Waals surface area (Å²) in [6, 6.07) is 5.43. The number of amides is 1. The molecule has 10 heteroatoms. The van der Waals surface area contributed by atoms with E-state index >= 15 is 0 Å². The van der Waals surface area contributed by atoms with Gasteiger partial charge in [0.05, 0.1) is 25.1 Å². The van der Waals surface area contributed by atoms with Gasteiger partial charge >= 0.3 is 0 Å². The third-order valence-electron chi connectivity index (χ3n) is 4.27. The maximum Gasteiger partial charge on any atom is 0.234 e. The van der Waals surface area contributed by atoms with E-state index in [1.807, 2.05) is 12.1 Å². The van der Waals surface area contributed by atoms with Gasteiger partial charge in [-0.05, 0) is 25.0 Å². The van der Waals surface area contributed by atoms with E-state index < -0.39 is 0 Å². The molecule has 1 saturated heterocycles. The number of thioether (sulfide) groups is 1. The van der Waals surface area contributed by atoms with E-state index in [-0.39, 0.29) is 17.8 Å². The molecule has 1 aromatic heterocycles. The monoisotopic (exact) mass is 422 g/mol. The topological polar surface area (TPSA) is 94.6 Å². The van der Waals surface area contributed by atoms with Crippen LogP contribution in [-0.2, 0) is 9.53 Å². The number of rotatable bonds is 7. The SMILES string of the molecule is O=C(CSc1nnc(NCC2CCCO2)s1)Nc1ccc2c(c1)OCCCO2. The lowest BCUT2D eigenvalue weighted by Crippen LogP contribution is -2.18. The fraction of sp³-hybridized carbons (Fsp3) is 0.500. The van der Waals surface area contributed by atoms with Crippen LogP contribution < -0.4 is 20.1 Å². The highest BCUT2D eigenvalue weighted by atomic mass is 32.2. The Morgan fingerprint density at radius 3 is 2.93 bits per heavy atom. The van der Waals surface area contributed by atoms with E-state index in [2.05, 4.69) is 20.8 Å². The zero-order chi connectivity index (χ0) is 19.2. The average molecular weight is 423 g/mol. The lowest BCUT2D eigenvalue weighted by Gasteiger charge is -2.10. The number of carbonyl (C=O) groups is 1. The lowest BCUT2D eigenvalue weighted by molar-refractivity contribution is -0.113. The highest BCUT2D eigenvalue weighted by Gasteiger charge is 2.16. The van der Waals surface area contributed by atoms with Gasteiger partial charge in [0.2, 0.25) is 11.0 Å². The molecule has 8 nitrogen and oxygen atoms in total. The molecule has 1 fully saturated rings. The molecular weight excluding hydrogens is 400 g/mol. The summed E-state index contributed by atoms with van der Waals surface area (Å²) in [6.45, 7) is 2.83. The van der Waals surface area contributed by atoms with Crippen LogP contribution in [0.3, 0.4) is 0 Å². The van der Waals surface area contributed by atoms with Gasteiger partial charge in [-0.2, -0.15) is 0 Å². The minimum Gasteiger partial charge on any atom is -0.490 e. The predicted octanol–water partition coefficient (Wildman–Crippen LogP) is 3.02. The maximum atomic E-state index is 12.2. The van der Waals surface area contributed by atoms with Crippen LogP contribution in [0.2, 0.25) is 0 Å². The van der Waals surface area contributed by atoms with E-state index in [0.717, 1.165) is 41.9 Å². The summed E-state index contributed by atoms with van der Waals surface area (Å²) in [5.41, 5.74) is 0.686. The number of aromatic nitrogens is 2. The van der Waals surface area contributed by atoms with Crippen molar-refractivity contribution in [1.82, 2.24) is 10.2 Å². The third kappa shape index (κ3) is 5.27. The minimum absolute atomic E-state index is 0.108. The number of carbonyl (C=O) groups excluding carboxylic acids is 1. The molecule has 1 amide bonds. The van der Waals surface area contributed by atoms with Crippen molar-refractivity contribution in [2.45, 2.75) is 29.7 Å². The van der Waals surface area contributed by atoms with E-state index in [1.54, 1.807) is 6.07 Å². The molecule has 1 atom stereocenters. The number of fused-ring (bicyclic) bond motifs is 1. The molecule has 0 radical (unpaired) electrons. The van der Waals surface area contributed by atoms with Crippen LogP contribution in [0.25, 0.3) is 0 Å². The van der Waals surface area contributed by atoms with E-state index in [4.69, 9.17) is 14.2 Å². The molecule has 1 aromatic carbocycles. The Morgan fingerprint density at radius 2 is 2.07 bits per heavy atom. The largest absolute Gasteiger partial charge is 0.490 e. The van der Waals surface area contributed by atoms with Crippen molar-refractivity contribution in [2.75, 3.05) is 42.8 Å².